The number of hydrogen-bond acceptors (Lipinski definition) is 3. The van der Waals surface area contributed by atoms with Gasteiger partial charge in [-0.1, -0.05) is 30.3 Å². The van der Waals surface area contributed by atoms with Crippen LogP contribution in [0, 0.1) is 6.92 Å². The minimum Gasteiger partial charge on any atom is -0.334 e. The van der Waals surface area contributed by atoms with Gasteiger partial charge in [0.25, 0.3) is 5.91 Å². The van der Waals surface area contributed by atoms with Crippen molar-refractivity contribution in [3.63, 3.8) is 0 Å². The Bertz CT molecular complexity index is 958. The van der Waals surface area contributed by atoms with Crippen LogP contribution in [0.25, 0.3) is 11.0 Å². The Morgan fingerprint density at radius 3 is 2.74 bits per heavy atom. The lowest BCUT2D eigenvalue weighted by Gasteiger charge is -2.24. The van der Waals surface area contributed by atoms with Gasteiger partial charge < -0.3 is 14.8 Å². The van der Waals surface area contributed by atoms with Crippen molar-refractivity contribution in [2.24, 2.45) is 0 Å². The summed E-state index contributed by atoms with van der Waals surface area (Å²) < 4.78 is 0. The number of aromatic amines is 1. The van der Waals surface area contributed by atoms with Gasteiger partial charge in [0, 0.05) is 13.1 Å². The molecule has 5 heteroatoms. The number of aryl methyl sites for hydroxylation is 1. The van der Waals surface area contributed by atoms with Crippen molar-refractivity contribution in [1.29, 1.82) is 0 Å². The third-order valence-corrected chi connectivity index (χ3v) is 5.22. The Labute approximate surface area is 160 Å². The van der Waals surface area contributed by atoms with Gasteiger partial charge in [-0.2, -0.15) is 0 Å². The van der Waals surface area contributed by atoms with Crippen molar-refractivity contribution in [1.82, 2.24) is 19.8 Å². The molecule has 140 valence electrons. The average molecular weight is 362 g/mol. The first kappa shape index (κ1) is 17.7. The molecule has 1 amide bonds. The molecule has 1 atom stereocenters. The predicted octanol–water partition coefficient (Wildman–Crippen LogP) is 3.91. The number of fused-ring (bicyclic) bond motifs is 1. The second kappa shape index (κ2) is 7.16. The van der Waals surface area contributed by atoms with Gasteiger partial charge in [-0.25, -0.2) is 4.98 Å². The number of hydrogen-bond donors (Lipinski definition) is 1. The van der Waals surface area contributed by atoms with Gasteiger partial charge in [0.15, 0.2) is 5.82 Å². The Balaban J connectivity index is 1.57. The van der Waals surface area contributed by atoms with Crippen LogP contribution in [0.3, 0.4) is 0 Å². The number of benzene rings is 2. The second-order valence-electron chi connectivity index (χ2n) is 7.74. The fraction of sp³-hybridized carbons (Fsp3) is 0.364. The molecule has 2 heterocycles. The summed E-state index contributed by atoms with van der Waals surface area (Å²) in [5.41, 5.74) is 5.40. The van der Waals surface area contributed by atoms with Crippen molar-refractivity contribution in [2.45, 2.75) is 32.4 Å². The highest BCUT2D eigenvalue weighted by atomic mass is 16.2. The van der Waals surface area contributed by atoms with Gasteiger partial charge in [0.2, 0.25) is 0 Å². The summed E-state index contributed by atoms with van der Waals surface area (Å²) in [7, 11) is 4.14. The molecule has 0 radical (unpaired) electrons. The maximum Gasteiger partial charge on any atom is 0.290 e. The average Bonchev–Trinajstić information content (AvgIpc) is 3.27. The lowest BCUT2D eigenvalue weighted by atomic mass is 10.0. The number of nitrogens with zero attached hydrogens (tertiary/aromatic N) is 3. The monoisotopic (exact) mass is 362 g/mol. The fourth-order valence-corrected chi connectivity index (χ4v) is 3.93. The van der Waals surface area contributed by atoms with E-state index in [4.69, 9.17) is 0 Å². The molecule has 27 heavy (non-hydrogen) atoms. The molecule has 2 aromatic carbocycles. The Hall–Kier alpha value is -2.66. The summed E-state index contributed by atoms with van der Waals surface area (Å²) in [5, 5.41) is 0. The molecule has 1 N–H and O–H groups in total. The van der Waals surface area contributed by atoms with Gasteiger partial charge in [-0.15, -0.1) is 0 Å². The zero-order chi connectivity index (χ0) is 19.0. The van der Waals surface area contributed by atoms with Crippen molar-refractivity contribution in [3.05, 3.63) is 65.0 Å². The summed E-state index contributed by atoms with van der Waals surface area (Å²) in [6, 6.07) is 14.8. The smallest absolute Gasteiger partial charge is 0.290 e. The minimum absolute atomic E-state index is 0.0104. The Morgan fingerprint density at radius 2 is 2.00 bits per heavy atom. The minimum atomic E-state index is -0.0104. The fourth-order valence-electron chi connectivity index (χ4n) is 3.93. The Kier molecular flexibility index (Phi) is 4.70. The third kappa shape index (κ3) is 3.60. The molecule has 4 rings (SSSR count). The Morgan fingerprint density at radius 1 is 1.22 bits per heavy atom. The molecule has 1 unspecified atom stereocenters. The summed E-state index contributed by atoms with van der Waals surface area (Å²) in [5.74, 6) is 0.426. The molecule has 0 saturated carbocycles. The van der Waals surface area contributed by atoms with E-state index in [9.17, 15) is 4.79 Å². The van der Waals surface area contributed by atoms with Gasteiger partial charge in [-0.05, 0) is 62.7 Å². The number of carbonyl (C=O) groups is 1. The van der Waals surface area contributed by atoms with Crippen LogP contribution in [0.15, 0.2) is 42.5 Å². The summed E-state index contributed by atoms with van der Waals surface area (Å²) >= 11 is 0. The van der Waals surface area contributed by atoms with Gasteiger partial charge in [0.05, 0.1) is 17.1 Å². The summed E-state index contributed by atoms with van der Waals surface area (Å²) in [4.78, 5) is 25.0. The van der Waals surface area contributed by atoms with E-state index in [-0.39, 0.29) is 11.9 Å². The van der Waals surface area contributed by atoms with E-state index in [1.165, 1.54) is 11.1 Å². The van der Waals surface area contributed by atoms with E-state index in [1.807, 2.05) is 30.0 Å². The van der Waals surface area contributed by atoms with Crippen molar-refractivity contribution in [3.8, 4) is 0 Å². The number of nitrogens with one attached hydrogen (secondary N) is 1. The first-order chi connectivity index (χ1) is 13.0. The first-order valence-corrected chi connectivity index (χ1v) is 9.52. The van der Waals surface area contributed by atoms with Crippen LogP contribution in [-0.2, 0) is 6.54 Å². The van der Waals surface area contributed by atoms with Crippen LogP contribution >= 0.6 is 0 Å². The number of rotatable bonds is 4. The van der Waals surface area contributed by atoms with E-state index in [1.54, 1.807) is 0 Å². The van der Waals surface area contributed by atoms with Gasteiger partial charge >= 0.3 is 0 Å². The molecular weight excluding hydrogens is 336 g/mol. The summed E-state index contributed by atoms with van der Waals surface area (Å²) in [6.07, 6.45) is 2.02. The topological polar surface area (TPSA) is 52.2 Å². The highest BCUT2D eigenvalue weighted by Crippen LogP contribution is 2.33. The molecule has 1 aliphatic heterocycles. The number of H-pyrrole nitrogens is 1. The molecule has 0 spiro atoms. The van der Waals surface area contributed by atoms with Gasteiger partial charge in [-0.3, -0.25) is 4.79 Å². The maximum absolute atomic E-state index is 13.1. The van der Waals surface area contributed by atoms with Crippen LogP contribution in [0.1, 0.15) is 46.2 Å². The summed E-state index contributed by atoms with van der Waals surface area (Å²) in [6.45, 7) is 3.74. The molecular formula is C22H26N4O. The second-order valence-corrected chi connectivity index (χ2v) is 7.74. The van der Waals surface area contributed by atoms with Gasteiger partial charge in [0.1, 0.15) is 0 Å². The molecule has 0 aliphatic carbocycles. The zero-order valence-corrected chi connectivity index (χ0v) is 16.2. The number of aromatic nitrogens is 2. The standard InChI is InChI=1S/C22H26N4O/c1-15-6-11-18-19(13-15)24-21(23-18)22(27)26-12-4-5-20(26)17-9-7-16(8-10-17)14-25(2)3/h6-11,13,20H,4-5,12,14H2,1-3H3,(H,23,24). The van der Waals surface area contributed by atoms with Crippen LogP contribution in [0.5, 0.6) is 0 Å². The molecule has 1 aliphatic rings. The van der Waals surface area contributed by atoms with E-state index in [2.05, 4.69) is 53.2 Å². The van der Waals surface area contributed by atoms with Crippen LogP contribution in [-0.4, -0.2) is 46.3 Å². The van der Waals surface area contributed by atoms with Crippen LogP contribution < -0.4 is 0 Å². The number of imidazole rings is 1. The number of likely N-dealkylation sites (tertiary alicyclic amines) is 1. The number of carbonyl (C=O) groups excluding carboxylic acids is 1. The van der Waals surface area contributed by atoms with E-state index in [0.717, 1.165) is 42.5 Å². The SMILES string of the molecule is Cc1ccc2nc(C(=O)N3CCCC3c3ccc(CN(C)C)cc3)[nH]c2c1. The van der Waals surface area contributed by atoms with Crippen molar-refractivity contribution >= 4 is 16.9 Å². The largest absolute Gasteiger partial charge is 0.334 e. The van der Waals surface area contributed by atoms with E-state index >= 15 is 0 Å². The quantitative estimate of drug-likeness (QED) is 0.766. The van der Waals surface area contributed by atoms with Crippen LogP contribution in [0.4, 0.5) is 0 Å². The van der Waals surface area contributed by atoms with Crippen molar-refractivity contribution < 1.29 is 4.79 Å². The molecule has 0 bridgehead atoms. The molecule has 1 aromatic heterocycles. The predicted molar refractivity (Wildman–Crippen MR) is 108 cm³/mol. The maximum atomic E-state index is 13.1. The van der Waals surface area contributed by atoms with Crippen LogP contribution in [0.2, 0.25) is 0 Å². The van der Waals surface area contributed by atoms with E-state index in [0.29, 0.717) is 5.82 Å². The highest BCUT2D eigenvalue weighted by Gasteiger charge is 2.32. The molecule has 1 fully saturated rings. The highest BCUT2D eigenvalue weighted by molar-refractivity contribution is 5.94. The zero-order valence-electron chi connectivity index (χ0n) is 16.2. The lowest BCUT2D eigenvalue weighted by Crippen LogP contribution is -2.31. The third-order valence-electron chi connectivity index (χ3n) is 5.22. The lowest BCUT2D eigenvalue weighted by molar-refractivity contribution is 0.0724. The molecule has 5 nitrogen and oxygen atoms in total. The normalized spacial score (nSPS) is 17.2. The molecule has 1 saturated heterocycles. The number of amides is 1. The first-order valence-electron chi connectivity index (χ1n) is 9.52. The molecule has 3 aromatic rings. The van der Waals surface area contributed by atoms with E-state index < -0.39 is 0 Å². The van der Waals surface area contributed by atoms with Crippen molar-refractivity contribution in [2.75, 3.05) is 20.6 Å².